The molecule has 9 heteroatoms. The van der Waals surface area contributed by atoms with Crippen LogP contribution in [0.4, 0.5) is 9.18 Å². The van der Waals surface area contributed by atoms with Crippen LogP contribution in [-0.2, 0) is 9.53 Å². The molecule has 5 aliphatic rings. The van der Waals surface area contributed by atoms with Crippen LogP contribution in [0.5, 0.6) is 0 Å². The minimum Gasteiger partial charge on any atom is -0.446 e. The molecule has 170 valence electrons. The van der Waals surface area contributed by atoms with Gasteiger partial charge in [-0.05, 0) is 74.5 Å². The third-order valence-corrected chi connectivity index (χ3v) is 8.41. The predicted molar refractivity (Wildman–Crippen MR) is 113 cm³/mol. The predicted octanol–water partition coefficient (Wildman–Crippen LogP) is 2.53. The highest BCUT2D eigenvalue weighted by atomic mass is 19.1. The summed E-state index contributed by atoms with van der Waals surface area (Å²) in [6.45, 7) is 0.874. The summed E-state index contributed by atoms with van der Waals surface area (Å²) < 4.78 is 21.1. The lowest BCUT2D eigenvalue weighted by Gasteiger charge is -2.58. The van der Waals surface area contributed by atoms with Gasteiger partial charge < -0.3 is 20.4 Å². The quantitative estimate of drug-likeness (QED) is 0.761. The lowest BCUT2D eigenvalue weighted by atomic mass is 9.48. The van der Waals surface area contributed by atoms with Gasteiger partial charge in [-0.1, -0.05) is 0 Å². The fourth-order valence-electron chi connectivity index (χ4n) is 7.25. The number of halogens is 1. The van der Waals surface area contributed by atoms with E-state index in [4.69, 9.17) is 10.5 Å². The molecule has 5 unspecified atom stereocenters. The molecule has 32 heavy (non-hydrogen) atoms. The van der Waals surface area contributed by atoms with E-state index in [1.54, 1.807) is 15.5 Å². The average Bonchev–Trinajstić information content (AvgIpc) is 3.33. The SMILES string of the molecule is NC(=O)C12CC3CC(C1)C(OC(=O)N1CCC(n4c(=O)[nH]c5cc(F)ccc54)C1)[C@@H](C3)C2. The Labute approximate surface area is 183 Å². The lowest BCUT2D eigenvalue weighted by Crippen LogP contribution is -2.59. The van der Waals surface area contributed by atoms with E-state index in [2.05, 4.69) is 4.98 Å². The fraction of sp³-hybridized carbons (Fsp3) is 0.609. The van der Waals surface area contributed by atoms with Crippen molar-refractivity contribution in [1.82, 2.24) is 14.5 Å². The number of amides is 2. The molecule has 4 saturated carbocycles. The maximum atomic E-state index is 13.5. The van der Waals surface area contributed by atoms with Gasteiger partial charge in [-0.25, -0.2) is 14.0 Å². The molecule has 8 nitrogen and oxygen atoms in total. The van der Waals surface area contributed by atoms with E-state index in [0.717, 1.165) is 32.1 Å². The van der Waals surface area contributed by atoms with E-state index in [0.29, 0.717) is 36.5 Å². The molecule has 2 amide bonds. The van der Waals surface area contributed by atoms with Gasteiger partial charge in [0.2, 0.25) is 5.91 Å². The highest BCUT2D eigenvalue weighted by molar-refractivity contribution is 5.81. The van der Waals surface area contributed by atoms with Crippen molar-refractivity contribution in [3.05, 3.63) is 34.5 Å². The van der Waals surface area contributed by atoms with Gasteiger partial charge in [-0.3, -0.25) is 9.36 Å². The number of imidazole rings is 1. The van der Waals surface area contributed by atoms with Crippen LogP contribution in [0.3, 0.4) is 0 Å². The number of ether oxygens (including phenoxy) is 1. The number of nitrogens with two attached hydrogens (primary N) is 1. The molecule has 0 radical (unpaired) electrons. The molecule has 1 aromatic heterocycles. The first-order valence-electron chi connectivity index (χ1n) is 11.5. The van der Waals surface area contributed by atoms with Crippen molar-refractivity contribution < 1.29 is 18.7 Å². The summed E-state index contributed by atoms with van der Waals surface area (Å²) in [5.74, 6) is 0.290. The number of nitrogens with one attached hydrogen (secondary N) is 1. The number of fused-ring (bicyclic) bond motifs is 1. The molecule has 1 aromatic carbocycles. The third kappa shape index (κ3) is 2.89. The van der Waals surface area contributed by atoms with E-state index >= 15 is 0 Å². The van der Waals surface area contributed by atoms with E-state index < -0.39 is 11.2 Å². The zero-order chi connectivity index (χ0) is 22.2. The monoisotopic (exact) mass is 442 g/mol. The second kappa shape index (κ2) is 6.83. The molecule has 1 saturated heterocycles. The normalized spacial score (nSPS) is 35.5. The van der Waals surface area contributed by atoms with Crippen molar-refractivity contribution in [3.8, 4) is 0 Å². The van der Waals surface area contributed by atoms with E-state index in [9.17, 15) is 18.8 Å². The van der Waals surface area contributed by atoms with Crippen LogP contribution in [0.15, 0.2) is 23.0 Å². The Morgan fingerprint density at radius 3 is 2.66 bits per heavy atom. The second-order valence-corrected chi connectivity index (χ2v) is 10.3. The van der Waals surface area contributed by atoms with E-state index in [1.165, 1.54) is 12.1 Å². The Kier molecular flexibility index (Phi) is 4.23. The van der Waals surface area contributed by atoms with Crippen LogP contribution in [0, 0.1) is 29.0 Å². The third-order valence-electron chi connectivity index (χ3n) is 8.41. The largest absolute Gasteiger partial charge is 0.446 e. The number of H-pyrrole nitrogens is 1. The molecule has 7 rings (SSSR count). The summed E-state index contributed by atoms with van der Waals surface area (Å²) in [4.78, 5) is 42.0. The van der Waals surface area contributed by atoms with Crippen LogP contribution >= 0.6 is 0 Å². The van der Waals surface area contributed by atoms with Crippen LogP contribution in [0.1, 0.15) is 44.6 Å². The first-order chi connectivity index (χ1) is 15.3. The number of aromatic nitrogens is 2. The van der Waals surface area contributed by atoms with Gasteiger partial charge in [0.05, 0.1) is 22.5 Å². The number of aromatic amines is 1. The topological polar surface area (TPSA) is 110 Å². The maximum absolute atomic E-state index is 13.5. The number of hydrogen-bond acceptors (Lipinski definition) is 4. The zero-order valence-corrected chi connectivity index (χ0v) is 17.8. The molecule has 2 heterocycles. The molecule has 2 aromatic rings. The smallest absolute Gasteiger partial charge is 0.410 e. The Hall–Kier alpha value is -2.84. The van der Waals surface area contributed by atoms with E-state index in [1.807, 2.05) is 0 Å². The molecule has 4 bridgehead atoms. The van der Waals surface area contributed by atoms with Crippen LogP contribution < -0.4 is 11.4 Å². The van der Waals surface area contributed by atoms with Crippen molar-refractivity contribution in [2.45, 2.75) is 50.7 Å². The molecule has 6 atom stereocenters. The summed E-state index contributed by atoms with van der Waals surface area (Å²) in [5.41, 5.74) is 6.13. The Bertz CT molecular complexity index is 1160. The minimum absolute atomic E-state index is 0.163. The van der Waals surface area contributed by atoms with Crippen LogP contribution in [0.25, 0.3) is 11.0 Å². The lowest BCUT2D eigenvalue weighted by molar-refractivity contribution is -0.161. The van der Waals surface area contributed by atoms with E-state index in [-0.39, 0.29) is 41.7 Å². The van der Waals surface area contributed by atoms with Crippen molar-refractivity contribution in [2.24, 2.45) is 28.9 Å². The van der Waals surface area contributed by atoms with Crippen molar-refractivity contribution in [2.75, 3.05) is 13.1 Å². The number of primary amides is 1. The molecule has 0 spiro atoms. The fourth-order valence-corrected chi connectivity index (χ4v) is 7.25. The average molecular weight is 442 g/mol. The number of rotatable bonds is 3. The van der Waals surface area contributed by atoms with Gasteiger partial charge in [-0.15, -0.1) is 0 Å². The van der Waals surface area contributed by atoms with Gasteiger partial charge in [0, 0.05) is 13.1 Å². The summed E-state index contributed by atoms with van der Waals surface area (Å²) in [6, 6.07) is 4.04. The minimum atomic E-state index is -0.409. The first-order valence-corrected chi connectivity index (χ1v) is 11.5. The van der Waals surface area contributed by atoms with Gasteiger partial charge >= 0.3 is 11.8 Å². The molecule has 4 aliphatic carbocycles. The number of carbonyl (C=O) groups is 2. The first kappa shape index (κ1) is 19.8. The van der Waals surface area contributed by atoms with Crippen molar-refractivity contribution in [3.63, 3.8) is 0 Å². The molecule has 1 aliphatic heterocycles. The standard InChI is InChI=1S/C23H27FN4O4/c24-15-1-2-18-17(7-15)26-21(30)28(18)16-3-4-27(11-16)22(31)32-19-13-5-12-6-14(19)10-23(8-12,9-13)20(25)29/h1-2,7,12-14,16,19H,3-6,8-11H2,(H2,25,29)(H,26,30)/t12?,13-,14?,16?,19?,23?/m0/s1. The number of hydrogen-bond donors (Lipinski definition) is 2. The number of likely N-dealkylation sites (tertiary alicyclic amines) is 1. The van der Waals surface area contributed by atoms with Gasteiger partial charge in [0.15, 0.2) is 0 Å². The molecule has 5 fully saturated rings. The highest BCUT2D eigenvalue weighted by Gasteiger charge is 2.59. The summed E-state index contributed by atoms with van der Waals surface area (Å²) in [5, 5.41) is 0. The number of benzene rings is 1. The zero-order valence-electron chi connectivity index (χ0n) is 17.8. The second-order valence-electron chi connectivity index (χ2n) is 10.3. The Morgan fingerprint density at radius 1 is 1.19 bits per heavy atom. The summed E-state index contributed by atoms with van der Waals surface area (Å²) in [6.07, 6.45) is 4.42. The van der Waals surface area contributed by atoms with Gasteiger partial charge in [0.1, 0.15) is 11.9 Å². The molecule has 3 N–H and O–H groups in total. The van der Waals surface area contributed by atoms with Crippen LogP contribution in [-0.4, -0.2) is 45.6 Å². The highest BCUT2D eigenvalue weighted by Crippen LogP contribution is 2.60. The van der Waals surface area contributed by atoms with Crippen LogP contribution in [0.2, 0.25) is 0 Å². The number of nitrogens with zero attached hydrogens (tertiary/aromatic N) is 2. The maximum Gasteiger partial charge on any atom is 0.410 e. The van der Waals surface area contributed by atoms with Gasteiger partial charge in [-0.2, -0.15) is 0 Å². The number of carbonyl (C=O) groups excluding carboxylic acids is 2. The van der Waals surface area contributed by atoms with Crippen molar-refractivity contribution in [1.29, 1.82) is 0 Å². The molecular weight excluding hydrogens is 415 g/mol. The van der Waals surface area contributed by atoms with Crippen molar-refractivity contribution >= 4 is 23.0 Å². The Morgan fingerprint density at radius 2 is 1.94 bits per heavy atom. The van der Waals surface area contributed by atoms with Gasteiger partial charge in [0.25, 0.3) is 0 Å². The Balaban J connectivity index is 1.16. The molecular formula is C23H27FN4O4. The summed E-state index contributed by atoms with van der Waals surface area (Å²) >= 11 is 0. The summed E-state index contributed by atoms with van der Waals surface area (Å²) in [7, 11) is 0.